The Hall–Kier alpha value is -2.57. The summed E-state index contributed by atoms with van der Waals surface area (Å²) < 4.78 is 10.8. The van der Waals surface area contributed by atoms with Crippen LogP contribution in [-0.2, 0) is 4.79 Å². The zero-order chi connectivity index (χ0) is 15.8. The number of amides is 3. The van der Waals surface area contributed by atoms with E-state index in [0.717, 1.165) is 0 Å². The van der Waals surface area contributed by atoms with Crippen molar-refractivity contribution in [1.29, 1.82) is 0 Å². The Morgan fingerprint density at radius 3 is 2.62 bits per heavy atom. The smallest absolute Gasteiger partial charge is 0.321 e. The highest BCUT2D eigenvalue weighted by Gasteiger charge is 2.19. The summed E-state index contributed by atoms with van der Waals surface area (Å²) in [6.07, 6.45) is -0.211. The number of imide groups is 1. The fourth-order valence-corrected chi connectivity index (χ4v) is 1.48. The molecule has 1 unspecified atom stereocenters. The second-order valence-corrected chi connectivity index (χ2v) is 4.09. The molecule has 0 aromatic heterocycles. The standard InChI is InChI=1S/C14H18N2O5/c1-4-20-12-7-10(8-17)5-6-11(12)21-9(2)13(18)16-14(19)15-3/h5-9H,4H2,1-3H3,(H2,15,16,18,19). The van der Waals surface area contributed by atoms with Crippen LogP contribution in [0.5, 0.6) is 11.5 Å². The Labute approximate surface area is 122 Å². The number of nitrogens with one attached hydrogen (secondary N) is 2. The summed E-state index contributed by atoms with van der Waals surface area (Å²) in [7, 11) is 1.40. The molecule has 1 aromatic rings. The first kappa shape index (κ1) is 16.5. The van der Waals surface area contributed by atoms with E-state index in [2.05, 4.69) is 10.6 Å². The predicted molar refractivity (Wildman–Crippen MR) is 75.7 cm³/mol. The molecule has 21 heavy (non-hydrogen) atoms. The van der Waals surface area contributed by atoms with Gasteiger partial charge in [0.1, 0.15) is 6.29 Å². The van der Waals surface area contributed by atoms with Gasteiger partial charge in [0, 0.05) is 12.6 Å². The third-order valence-corrected chi connectivity index (χ3v) is 2.54. The quantitative estimate of drug-likeness (QED) is 0.767. The van der Waals surface area contributed by atoms with Gasteiger partial charge < -0.3 is 14.8 Å². The minimum Gasteiger partial charge on any atom is -0.490 e. The van der Waals surface area contributed by atoms with Crippen LogP contribution in [0.1, 0.15) is 24.2 Å². The lowest BCUT2D eigenvalue weighted by molar-refractivity contribution is -0.126. The van der Waals surface area contributed by atoms with Gasteiger partial charge in [-0.25, -0.2) is 4.79 Å². The van der Waals surface area contributed by atoms with Crippen molar-refractivity contribution in [2.75, 3.05) is 13.7 Å². The number of carbonyl (C=O) groups excluding carboxylic acids is 3. The second kappa shape index (κ2) is 7.88. The largest absolute Gasteiger partial charge is 0.490 e. The van der Waals surface area contributed by atoms with Crippen LogP contribution in [0.4, 0.5) is 4.79 Å². The van der Waals surface area contributed by atoms with E-state index in [1.165, 1.54) is 20.0 Å². The topological polar surface area (TPSA) is 93.7 Å². The molecule has 0 fully saturated rings. The van der Waals surface area contributed by atoms with Gasteiger partial charge >= 0.3 is 6.03 Å². The van der Waals surface area contributed by atoms with Crippen LogP contribution in [0.15, 0.2) is 18.2 Å². The zero-order valence-corrected chi connectivity index (χ0v) is 12.1. The highest BCUT2D eigenvalue weighted by Crippen LogP contribution is 2.29. The van der Waals surface area contributed by atoms with Crippen LogP contribution in [0, 0.1) is 0 Å². The van der Waals surface area contributed by atoms with Crippen molar-refractivity contribution in [2.45, 2.75) is 20.0 Å². The molecule has 7 nitrogen and oxygen atoms in total. The Morgan fingerprint density at radius 1 is 1.33 bits per heavy atom. The fraction of sp³-hybridized carbons (Fsp3) is 0.357. The van der Waals surface area contributed by atoms with E-state index in [4.69, 9.17) is 9.47 Å². The van der Waals surface area contributed by atoms with E-state index in [1.807, 2.05) is 0 Å². The molecule has 0 saturated heterocycles. The van der Waals surface area contributed by atoms with E-state index in [0.29, 0.717) is 30.0 Å². The lowest BCUT2D eigenvalue weighted by atomic mass is 10.2. The van der Waals surface area contributed by atoms with Crippen LogP contribution in [-0.4, -0.2) is 38.0 Å². The average Bonchev–Trinajstić information content (AvgIpc) is 2.48. The summed E-state index contributed by atoms with van der Waals surface area (Å²) in [4.78, 5) is 33.5. The van der Waals surface area contributed by atoms with E-state index in [9.17, 15) is 14.4 Å². The van der Waals surface area contributed by atoms with E-state index in [1.54, 1.807) is 19.1 Å². The molecule has 0 radical (unpaired) electrons. The first-order valence-electron chi connectivity index (χ1n) is 6.43. The number of carbonyl (C=O) groups is 3. The lowest BCUT2D eigenvalue weighted by Gasteiger charge is -2.17. The van der Waals surface area contributed by atoms with Crippen molar-refractivity contribution in [3.05, 3.63) is 23.8 Å². The molecule has 0 spiro atoms. The van der Waals surface area contributed by atoms with Crippen molar-refractivity contribution in [1.82, 2.24) is 10.6 Å². The Balaban J connectivity index is 2.83. The Kier molecular flexibility index (Phi) is 6.19. The van der Waals surface area contributed by atoms with Crippen molar-refractivity contribution < 1.29 is 23.9 Å². The molecule has 0 bridgehead atoms. The maximum Gasteiger partial charge on any atom is 0.321 e. The first-order valence-corrected chi connectivity index (χ1v) is 6.43. The number of urea groups is 1. The van der Waals surface area contributed by atoms with Crippen molar-refractivity contribution in [3.63, 3.8) is 0 Å². The molecule has 3 amide bonds. The van der Waals surface area contributed by atoms with Gasteiger partial charge in [-0.3, -0.25) is 14.9 Å². The van der Waals surface area contributed by atoms with Gasteiger partial charge in [-0.15, -0.1) is 0 Å². The fourth-order valence-electron chi connectivity index (χ4n) is 1.48. The second-order valence-electron chi connectivity index (χ2n) is 4.09. The molecule has 0 aliphatic heterocycles. The van der Waals surface area contributed by atoms with Gasteiger partial charge in [-0.2, -0.15) is 0 Å². The molecule has 1 rings (SSSR count). The van der Waals surface area contributed by atoms with Crippen LogP contribution in [0.25, 0.3) is 0 Å². The maximum absolute atomic E-state index is 11.7. The first-order chi connectivity index (χ1) is 10.0. The average molecular weight is 294 g/mol. The summed E-state index contributed by atoms with van der Waals surface area (Å²) in [5.74, 6) is 0.0972. The lowest BCUT2D eigenvalue weighted by Crippen LogP contribution is -2.44. The monoisotopic (exact) mass is 294 g/mol. The normalized spacial score (nSPS) is 11.2. The summed E-state index contributed by atoms with van der Waals surface area (Å²) in [6.45, 7) is 3.68. The minimum absolute atomic E-state index is 0.321. The predicted octanol–water partition coefficient (Wildman–Crippen LogP) is 1.12. The SMILES string of the molecule is CCOc1cc(C=O)ccc1OC(C)C(=O)NC(=O)NC. The molecule has 0 aliphatic rings. The van der Waals surface area contributed by atoms with Gasteiger partial charge in [0.05, 0.1) is 6.61 Å². The highest BCUT2D eigenvalue weighted by atomic mass is 16.5. The number of benzene rings is 1. The minimum atomic E-state index is -0.899. The van der Waals surface area contributed by atoms with Gasteiger partial charge in [0.25, 0.3) is 5.91 Å². The number of hydrogen-bond acceptors (Lipinski definition) is 5. The van der Waals surface area contributed by atoms with Crippen molar-refractivity contribution in [2.24, 2.45) is 0 Å². The van der Waals surface area contributed by atoms with Crippen LogP contribution >= 0.6 is 0 Å². The van der Waals surface area contributed by atoms with E-state index in [-0.39, 0.29) is 0 Å². The van der Waals surface area contributed by atoms with Crippen LogP contribution < -0.4 is 20.1 Å². The molecule has 0 heterocycles. The van der Waals surface area contributed by atoms with Crippen LogP contribution in [0.2, 0.25) is 0 Å². The third-order valence-electron chi connectivity index (χ3n) is 2.54. The molecule has 1 aromatic carbocycles. The van der Waals surface area contributed by atoms with Crippen molar-refractivity contribution in [3.8, 4) is 11.5 Å². The Morgan fingerprint density at radius 2 is 2.05 bits per heavy atom. The van der Waals surface area contributed by atoms with Gasteiger partial charge in [0.15, 0.2) is 17.6 Å². The van der Waals surface area contributed by atoms with Crippen LogP contribution in [0.3, 0.4) is 0 Å². The summed E-state index contributed by atoms with van der Waals surface area (Å²) in [5.41, 5.74) is 0.438. The van der Waals surface area contributed by atoms with Crippen molar-refractivity contribution >= 4 is 18.2 Å². The highest BCUT2D eigenvalue weighted by molar-refractivity contribution is 5.96. The summed E-state index contributed by atoms with van der Waals surface area (Å²) in [5, 5.41) is 4.38. The third kappa shape index (κ3) is 4.79. The molecule has 0 aliphatic carbocycles. The number of aldehydes is 1. The van der Waals surface area contributed by atoms with Gasteiger partial charge in [0.2, 0.25) is 0 Å². The Bertz CT molecular complexity index is 530. The molecule has 1 atom stereocenters. The molecule has 7 heteroatoms. The van der Waals surface area contributed by atoms with Gasteiger partial charge in [-0.1, -0.05) is 0 Å². The molecular formula is C14H18N2O5. The molecule has 2 N–H and O–H groups in total. The maximum atomic E-state index is 11.7. The molecule has 0 saturated carbocycles. The van der Waals surface area contributed by atoms with E-state index < -0.39 is 18.0 Å². The van der Waals surface area contributed by atoms with Gasteiger partial charge in [-0.05, 0) is 32.0 Å². The molecular weight excluding hydrogens is 276 g/mol. The zero-order valence-electron chi connectivity index (χ0n) is 12.1. The number of hydrogen-bond donors (Lipinski definition) is 2. The summed E-state index contributed by atoms with van der Waals surface area (Å²) in [6, 6.07) is 4.00. The number of ether oxygens (including phenoxy) is 2. The number of rotatable bonds is 6. The summed E-state index contributed by atoms with van der Waals surface area (Å²) >= 11 is 0. The van der Waals surface area contributed by atoms with E-state index >= 15 is 0 Å². The molecule has 114 valence electrons.